The molecule has 1 aromatic carbocycles. The first-order valence-electron chi connectivity index (χ1n) is 10.1. The molecule has 1 saturated carbocycles. The maximum Gasteiger partial charge on any atom is 0.387 e. The van der Waals surface area contributed by atoms with Gasteiger partial charge in [0, 0.05) is 37.7 Å². The van der Waals surface area contributed by atoms with Gasteiger partial charge in [-0.1, -0.05) is 12.8 Å². The van der Waals surface area contributed by atoms with Crippen molar-refractivity contribution in [1.82, 2.24) is 19.6 Å². The summed E-state index contributed by atoms with van der Waals surface area (Å²) < 4.78 is 36.1. The van der Waals surface area contributed by atoms with Crippen LogP contribution in [0.25, 0.3) is 11.5 Å². The fourth-order valence-electron chi connectivity index (χ4n) is 4.02. The van der Waals surface area contributed by atoms with Gasteiger partial charge in [-0.25, -0.2) is 4.68 Å². The zero-order chi connectivity index (χ0) is 21.1. The molecule has 4 rings (SSSR count). The van der Waals surface area contributed by atoms with Crippen LogP contribution in [0.2, 0.25) is 0 Å². The Bertz CT molecular complexity index is 917. The molecule has 0 atom stereocenters. The van der Waals surface area contributed by atoms with E-state index in [0.717, 1.165) is 38.8 Å². The zero-order valence-electron chi connectivity index (χ0n) is 16.5. The van der Waals surface area contributed by atoms with Crippen LogP contribution in [0, 0.1) is 10.8 Å². The molecule has 2 aliphatic rings. The van der Waals surface area contributed by atoms with E-state index in [9.17, 15) is 13.6 Å². The summed E-state index contributed by atoms with van der Waals surface area (Å²) in [7, 11) is 0. The molecular formula is C20H24F2N4O3S. The Kier molecular flexibility index (Phi) is 6.43. The van der Waals surface area contributed by atoms with Crippen LogP contribution in [0.4, 0.5) is 8.78 Å². The molecule has 30 heavy (non-hydrogen) atoms. The van der Waals surface area contributed by atoms with Gasteiger partial charge >= 0.3 is 6.61 Å². The minimum absolute atomic E-state index is 0.0665. The molecule has 2 aromatic rings. The minimum atomic E-state index is -2.87. The first-order valence-corrected chi connectivity index (χ1v) is 10.5. The number of aromatic nitrogens is 2. The molecule has 7 nitrogen and oxygen atoms in total. The van der Waals surface area contributed by atoms with Gasteiger partial charge in [0.1, 0.15) is 5.75 Å². The highest BCUT2D eigenvalue weighted by Gasteiger charge is 2.29. The molecule has 1 saturated heterocycles. The average molecular weight is 439 g/mol. The van der Waals surface area contributed by atoms with Crippen molar-refractivity contribution in [3.05, 3.63) is 29.1 Å². The summed E-state index contributed by atoms with van der Waals surface area (Å²) in [6, 6.07) is 6.05. The predicted molar refractivity (Wildman–Crippen MR) is 108 cm³/mol. The summed E-state index contributed by atoms with van der Waals surface area (Å²) in [6.07, 6.45) is 4.35. The quantitative estimate of drug-likeness (QED) is 0.640. The number of ether oxygens (including phenoxy) is 1. The van der Waals surface area contributed by atoms with Gasteiger partial charge in [0.2, 0.25) is 11.8 Å². The molecule has 0 bridgehead atoms. The van der Waals surface area contributed by atoms with Crippen molar-refractivity contribution in [3.63, 3.8) is 0 Å². The second-order valence-corrected chi connectivity index (χ2v) is 7.99. The van der Waals surface area contributed by atoms with Crippen molar-refractivity contribution < 1.29 is 22.7 Å². The number of carbonyl (C=O) groups is 1. The average Bonchev–Trinajstić information content (AvgIpc) is 3.39. The number of nitrogens with zero attached hydrogens (tertiary/aromatic N) is 4. The highest BCUT2D eigenvalue weighted by atomic mass is 32.1. The number of benzene rings is 1. The van der Waals surface area contributed by atoms with E-state index in [1.54, 1.807) is 16.8 Å². The molecule has 1 aliphatic heterocycles. The number of hydrogen-bond acceptors (Lipinski definition) is 6. The Labute approximate surface area is 178 Å². The molecule has 162 valence electrons. The SMILES string of the molecule is O=C(C1CCCC1)N1CCN(Cn2nc(-c3ccc(OC(F)F)cc3)oc2=S)CC1. The van der Waals surface area contributed by atoms with Crippen LogP contribution >= 0.6 is 12.2 Å². The molecule has 10 heteroatoms. The summed E-state index contributed by atoms with van der Waals surface area (Å²) in [4.78, 5) is 17.0. The summed E-state index contributed by atoms with van der Waals surface area (Å²) >= 11 is 5.28. The van der Waals surface area contributed by atoms with E-state index in [0.29, 0.717) is 37.1 Å². The van der Waals surface area contributed by atoms with E-state index >= 15 is 0 Å². The van der Waals surface area contributed by atoms with Crippen molar-refractivity contribution >= 4 is 18.1 Å². The van der Waals surface area contributed by atoms with Crippen molar-refractivity contribution in [2.45, 2.75) is 39.0 Å². The van der Waals surface area contributed by atoms with Gasteiger partial charge in [-0.3, -0.25) is 9.69 Å². The lowest BCUT2D eigenvalue weighted by molar-refractivity contribution is -0.137. The van der Waals surface area contributed by atoms with E-state index in [4.69, 9.17) is 16.6 Å². The van der Waals surface area contributed by atoms with Crippen LogP contribution < -0.4 is 4.74 Å². The lowest BCUT2D eigenvalue weighted by atomic mass is 10.1. The van der Waals surface area contributed by atoms with Crippen molar-refractivity contribution in [1.29, 1.82) is 0 Å². The highest BCUT2D eigenvalue weighted by Crippen LogP contribution is 2.27. The second-order valence-electron chi connectivity index (χ2n) is 7.64. The standard InChI is InChI=1S/C20H24F2N4O3S/c21-19(22)28-16-7-5-14(6-8-16)17-23-26(20(30)29-17)13-24-9-11-25(12-10-24)18(27)15-3-1-2-4-15/h5-8,15,19H,1-4,9-13H2. The maximum absolute atomic E-state index is 12.6. The molecule has 0 spiro atoms. The summed E-state index contributed by atoms with van der Waals surface area (Å²) in [5.41, 5.74) is 0.619. The van der Waals surface area contributed by atoms with Gasteiger partial charge in [0.25, 0.3) is 4.84 Å². The first kappa shape index (κ1) is 20.9. The zero-order valence-corrected chi connectivity index (χ0v) is 17.3. The Hall–Kier alpha value is -2.33. The summed E-state index contributed by atoms with van der Waals surface area (Å²) in [5.74, 6) is 0.892. The van der Waals surface area contributed by atoms with Crippen LogP contribution in [-0.4, -0.2) is 58.3 Å². The molecule has 0 N–H and O–H groups in total. The topological polar surface area (TPSA) is 63.7 Å². The van der Waals surface area contributed by atoms with E-state index in [1.807, 2.05) is 4.90 Å². The molecule has 1 aromatic heterocycles. The number of piperazine rings is 1. The lowest BCUT2D eigenvalue weighted by Gasteiger charge is -2.35. The van der Waals surface area contributed by atoms with Gasteiger partial charge in [-0.2, -0.15) is 8.78 Å². The van der Waals surface area contributed by atoms with Crippen LogP contribution in [0.15, 0.2) is 28.7 Å². The molecule has 0 unspecified atom stereocenters. The normalized spacial score (nSPS) is 18.3. The first-order chi connectivity index (χ1) is 14.5. The number of halogens is 2. The largest absolute Gasteiger partial charge is 0.435 e. The number of carbonyl (C=O) groups excluding carboxylic acids is 1. The Morgan fingerprint density at radius 2 is 1.83 bits per heavy atom. The number of amides is 1. The lowest BCUT2D eigenvalue weighted by Crippen LogP contribution is -2.50. The van der Waals surface area contributed by atoms with Gasteiger partial charge in [0.05, 0.1) is 6.67 Å². The second kappa shape index (κ2) is 9.22. The molecule has 2 fully saturated rings. The smallest absolute Gasteiger partial charge is 0.387 e. The van der Waals surface area contributed by atoms with Gasteiger partial charge in [0.15, 0.2) is 0 Å². The Morgan fingerprint density at radius 1 is 1.17 bits per heavy atom. The van der Waals surface area contributed by atoms with Crippen molar-refractivity contribution in [2.24, 2.45) is 5.92 Å². The van der Waals surface area contributed by atoms with Crippen LogP contribution in [0.1, 0.15) is 25.7 Å². The number of rotatable bonds is 6. The van der Waals surface area contributed by atoms with Gasteiger partial charge in [-0.15, -0.1) is 5.10 Å². The fourth-order valence-corrected chi connectivity index (χ4v) is 4.20. The van der Waals surface area contributed by atoms with Crippen LogP contribution in [-0.2, 0) is 11.5 Å². The maximum atomic E-state index is 12.6. The molecule has 2 heterocycles. The van der Waals surface area contributed by atoms with E-state index < -0.39 is 6.61 Å². The number of alkyl halides is 2. The number of hydrogen-bond donors (Lipinski definition) is 0. The third-order valence-electron chi connectivity index (χ3n) is 5.66. The van der Waals surface area contributed by atoms with Gasteiger partial charge in [-0.05, 0) is 49.3 Å². The highest BCUT2D eigenvalue weighted by molar-refractivity contribution is 7.71. The monoisotopic (exact) mass is 438 g/mol. The Balaban J connectivity index is 1.34. The van der Waals surface area contributed by atoms with Crippen molar-refractivity contribution in [2.75, 3.05) is 26.2 Å². The molecule has 0 radical (unpaired) electrons. The molecule has 1 amide bonds. The third kappa shape index (κ3) is 4.86. The van der Waals surface area contributed by atoms with Gasteiger partial charge < -0.3 is 14.1 Å². The predicted octanol–water partition coefficient (Wildman–Crippen LogP) is 3.77. The van der Waals surface area contributed by atoms with Crippen LogP contribution in [0.3, 0.4) is 0 Å². The summed E-state index contributed by atoms with van der Waals surface area (Å²) in [6.45, 7) is 0.524. The molecule has 1 aliphatic carbocycles. The fraction of sp³-hybridized carbons (Fsp3) is 0.550. The van der Waals surface area contributed by atoms with E-state index in [-0.39, 0.29) is 16.5 Å². The van der Waals surface area contributed by atoms with Crippen molar-refractivity contribution in [3.8, 4) is 17.2 Å². The third-order valence-corrected chi connectivity index (χ3v) is 5.95. The summed E-state index contributed by atoms with van der Waals surface area (Å²) in [5, 5.41) is 4.42. The minimum Gasteiger partial charge on any atom is -0.435 e. The Morgan fingerprint density at radius 3 is 2.47 bits per heavy atom. The van der Waals surface area contributed by atoms with E-state index in [1.165, 1.54) is 12.1 Å². The van der Waals surface area contributed by atoms with E-state index in [2.05, 4.69) is 14.7 Å². The molecular weight excluding hydrogens is 414 g/mol. The van der Waals surface area contributed by atoms with Crippen LogP contribution in [0.5, 0.6) is 5.75 Å².